The minimum Gasteiger partial charge on any atom is -0.326 e. The highest BCUT2D eigenvalue weighted by atomic mass is 32.2. The lowest BCUT2D eigenvalue weighted by molar-refractivity contribution is -0.120. The van der Waals surface area contributed by atoms with Crippen molar-refractivity contribution in [2.45, 2.75) is 37.0 Å². The molecule has 1 fully saturated rings. The zero-order valence-corrected chi connectivity index (χ0v) is 13.3. The zero-order chi connectivity index (χ0) is 15.5. The summed E-state index contributed by atoms with van der Waals surface area (Å²) in [7, 11) is -0.434. The number of hydrogen-bond acceptors (Lipinski definition) is 3. The predicted molar refractivity (Wildman–Crippen MR) is 82.5 cm³/mol. The summed E-state index contributed by atoms with van der Waals surface area (Å²) >= 11 is 0. The fraction of sp³-hybridized carbons (Fsp3) is 0.533. The van der Waals surface area contributed by atoms with E-state index in [9.17, 15) is 13.2 Å². The summed E-state index contributed by atoms with van der Waals surface area (Å²) in [5.74, 6) is 0.127. The Morgan fingerprint density at radius 3 is 2.19 bits per heavy atom. The van der Waals surface area contributed by atoms with Gasteiger partial charge in [0.15, 0.2) is 0 Å². The van der Waals surface area contributed by atoms with Crippen molar-refractivity contribution in [2.24, 2.45) is 5.92 Å². The number of rotatable bonds is 4. The van der Waals surface area contributed by atoms with Crippen LogP contribution in [-0.2, 0) is 14.8 Å². The van der Waals surface area contributed by atoms with Crippen molar-refractivity contribution >= 4 is 21.6 Å². The first-order valence-electron chi connectivity index (χ1n) is 7.25. The summed E-state index contributed by atoms with van der Waals surface area (Å²) in [6.45, 7) is 0. The van der Waals surface area contributed by atoms with E-state index in [2.05, 4.69) is 5.32 Å². The Morgan fingerprint density at radius 1 is 1.10 bits per heavy atom. The van der Waals surface area contributed by atoms with Crippen molar-refractivity contribution in [3.05, 3.63) is 24.3 Å². The highest BCUT2D eigenvalue weighted by Crippen LogP contribution is 2.25. The van der Waals surface area contributed by atoms with Crippen LogP contribution < -0.4 is 5.32 Å². The second kappa shape index (κ2) is 6.58. The second-order valence-electron chi connectivity index (χ2n) is 5.64. The Balaban J connectivity index is 2.04. The van der Waals surface area contributed by atoms with Gasteiger partial charge in [0, 0.05) is 25.7 Å². The Morgan fingerprint density at radius 2 is 1.67 bits per heavy atom. The number of nitrogens with zero attached hydrogens (tertiary/aromatic N) is 1. The molecule has 0 aliphatic heterocycles. The van der Waals surface area contributed by atoms with Gasteiger partial charge in [-0.15, -0.1) is 0 Å². The number of carbonyl (C=O) groups excluding carboxylic acids is 1. The maximum absolute atomic E-state index is 12.1. The molecule has 0 heterocycles. The molecule has 0 saturated heterocycles. The van der Waals surface area contributed by atoms with E-state index in [4.69, 9.17) is 0 Å². The number of carbonyl (C=O) groups is 1. The van der Waals surface area contributed by atoms with Crippen LogP contribution in [0.4, 0.5) is 5.69 Å². The summed E-state index contributed by atoms with van der Waals surface area (Å²) in [5.41, 5.74) is 0.642. The van der Waals surface area contributed by atoms with Gasteiger partial charge in [-0.2, -0.15) is 0 Å². The molecule has 0 unspecified atom stereocenters. The smallest absolute Gasteiger partial charge is 0.242 e. The van der Waals surface area contributed by atoms with Crippen molar-refractivity contribution in [2.75, 3.05) is 19.4 Å². The molecule has 1 N–H and O–H groups in total. The second-order valence-corrected chi connectivity index (χ2v) is 7.79. The lowest BCUT2D eigenvalue weighted by Crippen LogP contribution is -2.25. The van der Waals surface area contributed by atoms with Crippen molar-refractivity contribution < 1.29 is 13.2 Å². The lowest BCUT2D eigenvalue weighted by Gasteiger charge is -2.20. The molecule has 116 valence electrons. The van der Waals surface area contributed by atoms with E-state index in [-0.39, 0.29) is 16.7 Å². The molecule has 1 saturated carbocycles. The van der Waals surface area contributed by atoms with Crippen LogP contribution in [0.5, 0.6) is 0 Å². The molecule has 1 aliphatic carbocycles. The molecule has 5 nitrogen and oxygen atoms in total. The molecular formula is C15H22N2O3S. The average molecular weight is 310 g/mol. The molecule has 6 heteroatoms. The van der Waals surface area contributed by atoms with Crippen LogP contribution >= 0.6 is 0 Å². The van der Waals surface area contributed by atoms with Crippen LogP contribution in [0, 0.1) is 5.92 Å². The highest BCUT2D eigenvalue weighted by Gasteiger charge is 2.21. The van der Waals surface area contributed by atoms with Crippen LogP contribution in [0.1, 0.15) is 32.1 Å². The molecule has 0 radical (unpaired) electrons. The highest BCUT2D eigenvalue weighted by molar-refractivity contribution is 7.89. The maximum atomic E-state index is 12.1. The number of hydrogen-bond donors (Lipinski definition) is 1. The molecule has 2 rings (SSSR count). The zero-order valence-electron chi connectivity index (χ0n) is 12.5. The standard InChI is InChI=1S/C15H22N2O3S/c1-17(2)21(19,20)14-10-8-13(9-11-14)16-15(18)12-6-4-3-5-7-12/h8-12H,3-7H2,1-2H3,(H,16,18). The maximum Gasteiger partial charge on any atom is 0.242 e. The number of sulfonamides is 1. The van der Waals surface area contributed by atoms with Crippen molar-refractivity contribution in [1.82, 2.24) is 4.31 Å². The topological polar surface area (TPSA) is 66.5 Å². The molecule has 1 aliphatic rings. The van der Waals surface area contributed by atoms with Gasteiger partial charge >= 0.3 is 0 Å². The van der Waals surface area contributed by atoms with Crippen molar-refractivity contribution in [3.8, 4) is 0 Å². The van der Waals surface area contributed by atoms with Crippen LogP contribution in [0.3, 0.4) is 0 Å². The number of benzene rings is 1. The first-order chi connectivity index (χ1) is 9.91. The van der Waals surface area contributed by atoms with Gasteiger partial charge in [0.05, 0.1) is 4.90 Å². The summed E-state index contributed by atoms with van der Waals surface area (Å²) in [5, 5.41) is 2.87. The molecule has 1 amide bonds. The van der Waals surface area contributed by atoms with E-state index in [0.717, 1.165) is 25.7 Å². The van der Waals surface area contributed by atoms with Crippen molar-refractivity contribution in [3.63, 3.8) is 0 Å². The van der Waals surface area contributed by atoms with Gasteiger partial charge in [-0.1, -0.05) is 19.3 Å². The third kappa shape index (κ3) is 3.83. The number of nitrogens with one attached hydrogen (secondary N) is 1. The Bertz CT molecular complexity index is 588. The minimum atomic E-state index is -3.42. The molecule has 0 bridgehead atoms. The Hall–Kier alpha value is -1.40. The Labute approximate surface area is 126 Å². The lowest BCUT2D eigenvalue weighted by atomic mass is 9.88. The van der Waals surface area contributed by atoms with Gasteiger partial charge < -0.3 is 5.32 Å². The monoisotopic (exact) mass is 310 g/mol. The van der Waals surface area contributed by atoms with Crippen LogP contribution in [0.25, 0.3) is 0 Å². The molecule has 0 atom stereocenters. The average Bonchev–Trinajstić information content (AvgIpc) is 2.48. The molecule has 21 heavy (non-hydrogen) atoms. The van der Waals surface area contributed by atoms with E-state index in [1.54, 1.807) is 12.1 Å². The SMILES string of the molecule is CN(C)S(=O)(=O)c1ccc(NC(=O)C2CCCCC2)cc1. The van der Waals surface area contributed by atoms with Crippen LogP contribution in [0.15, 0.2) is 29.2 Å². The predicted octanol–water partition coefficient (Wildman–Crippen LogP) is 2.46. The summed E-state index contributed by atoms with van der Waals surface area (Å²) in [4.78, 5) is 12.3. The van der Waals surface area contributed by atoms with Gasteiger partial charge in [0.1, 0.15) is 0 Å². The quantitative estimate of drug-likeness (QED) is 0.929. The first-order valence-corrected chi connectivity index (χ1v) is 8.69. The summed E-state index contributed by atoms with van der Waals surface area (Å²) in [6, 6.07) is 6.31. The normalized spacial score (nSPS) is 16.9. The minimum absolute atomic E-state index is 0.0397. The van der Waals surface area contributed by atoms with Gasteiger partial charge in [-0.3, -0.25) is 4.79 Å². The molecule has 0 aromatic heterocycles. The van der Waals surface area contributed by atoms with Gasteiger partial charge in [-0.05, 0) is 37.1 Å². The number of amides is 1. The van der Waals surface area contributed by atoms with Crippen LogP contribution in [-0.4, -0.2) is 32.7 Å². The fourth-order valence-electron chi connectivity index (χ4n) is 2.53. The van der Waals surface area contributed by atoms with Gasteiger partial charge in [0.25, 0.3) is 0 Å². The van der Waals surface area contributed by atoms with E-state index in [1.165, 1.54) is 37.0 Å². The van der Waals surface area contributed by atoms with E-state index in [0.29, 0.717) is 5.69 Å². The van der Waals surface area contributed by atoms with Crippen LogP contribution in [0.2, 0.25) is 0 Å². The summed E-state index contributed by atoms with van der Waals surface area (Å²) < 4.78 is 25.1. The van der Waals surface area contributed by atoms with Gasteiger partial charge in [-0.25, -0.2) is 12.7 Å². The van der Waals surface area contributed by atoms with E-state index >= 15 is 0 Å². The van der Waals surface area contributed by atoms with Crippen molar-refractivity contribution in [1.29, 1.82) is 0 Å². The number of anilines is 1. The fourth-order valence-corrected chi connectivity index (χ4v) is 3.43. The van der Waals surface area contributed by atoms with E-state index in [1.807, 2.05) is 0 Å². The summed E-state index contributed by atoms with van der Waals surface area (Å²) in [6.07, 6.45) is 5.31. The van der Waals surface area contributed by atoms with E-state index < -0.39 is 10.0 Å². The largest absolute Gasteiger partial charge is 0.326 e. The molecular weight excluding hydrogens is 288 g/mol. The molecule has 0 spiro atoms. The third-order valence-corrected chi connectivity index (χ3v) is 5.71. The Kier molecular flexibility index (Phi) is 5.00. The molecule has 1 aromatic rings. The third-order valence-electron chi connectivity index (χ3n) is 3.88. The van der Waals surface area contributed by atoms with Gasteiger partial charge in [0.2, 0.25) is 15.9 Å². The first kappa shape index (κ1) is 16.0. The molecule has 1 aromatic carbocycles.